The van der Waals surface area contributed by atoms with Crippen LogP contribution in [0.3, 0.4) is 0 Å². The van der Waals surface area contributed by atoms with Crippen molar-refractivity contribution in [3.63, 3.8) is 0 Å². The lowest BCUT2D eigenvalue weighted by Crippen LogP contribution is -2.50. The molecule has 1 heterocycles. The molecule has 1 aliphatic rings. The Labute approximate surface area is 162 Å². The molecule has 1 saturated heterocycles. The van der Waals surface area contributed by atoms with Gasteiger partial charge in [0, 0.05) is 36.8 Å². The molecule has 3 nitrogen and oxygen atoms in total. The maximum Gasteiger partial charge on any atom is 0.235 e. The smallest absolute Gasteiger partial charge is 0.235 e. The monoisotopic (exact) mass is 394 g/mol. The van der Waals surface area contributed by atoms with E-state index in [0.29, 0.717) is 10.0 Å². The predicted molar refractivity (Wildman–Crippen MR) is 107 cm³/mol. The average molecular weight is 395 g/mol. The zero-order valence-corrected chi connectivity index (χ0v) is 16.3. The standard InChI is InChI=1S/C19H20Cl2N2OS/c1-14(25-18-16(20)8-5-9-17(18)21)19(24)23-12-10-22(11-13-23)15-6-3-2-4-7-15/h2-9,14H,10-13H2,1H3. The molecule has 1 fully saturated rings. The van der Waals surface area contributed by atoms with E-state index in [0.717, 1.165) is 31.1 Å². The highest BCUT2D eigenvalue weighted by Gasteiger charge is 2.26. The van der Waals surface area contributed by atoms with Gasteiger partial charge in [0.2, 0.25) is 5.91 Å². The summed E-state index contributed by atoms with van der Waals surface area (Å²) >= 11 is 13.9. The van der Waals surface area contributed by atoms with Crippen molar-refractivity contribution in [3.8, 4) is 0 Å². The van der Waals surface area contributed by atoms with Crippen LogP contribution < -0.4 is 4.90 Å². The van der Waals surface area contributed by atoms with Crippen LogP contribution in [-0.4, -0.2) is 42.2 Å². The molecule has 2 aromatic rings. The number of rotatable bonds is 4. The van der Waals surface area contributed by atoms with Crippen molar-refractivity contribution in [2.45, 2.75) is 17.1 Å². The molecule has 1 amide bonds. The molecule has 25 heavy (non-hydrogen) atoms. The normalized spacial score (nSPS) is 16.0. The Morgan fingerprint density at radius 2 is 1.56 bits per heavy atom. The number of anilines is 1. The number of benzene rings is 2. The molecule has 0 aromatic heterocycles. The van der Waals surface area contributed by atoms with Gasteiger partial charge in [-0.25, -0.2) is 0 Å². The van der Waals surface area contributed by atoms with Crippen molar-refractivity contribution in [2.24, 2.45) is 0 Å². The molecule has 0 bridgehead atoms. The number of carbonyl (C=O) groups excluding carboxylic acids is 1. The van der Waals surface area contributed by atoms with E-state index in [-0.39, 0.29) is 11.2 Å². The van der Waals surface area contributed by atoms with Gasteiger partial charge in [0.05, 0.1) is 15.3 Å². The number of hydrogen-bond donors (Lipinski definition) is 0. The van der Waals surface area contributed by atoms with Gasteiger partial charge < -0.3 is 9.80 Å². The summed E-state index contributed by atoms with van der Waals surface area (Å²) in [6.45, 7) is 5.07. The minimum atomic E-state index is -0.222. The number of carbonyl (C=O) groups is 1. The van der Waals surface area contributed by atoms with Crippen LogP contribution in [0.4, 0.5) is 5.69 Å². The highest BCUT2D eigenvalue weighted by atomic mass is 35.5. The first kappa shape index (κ1) is 18.4. The van der Waals surface area contributed by atoms with Crippen molar-refractivity contribution < 1.29 is 4.79 Å². The third kappa shape index (κ3) is 4.43. The fourth-order valence-electron chi connectivity index (χ4n) is 2.90. The van der Waals surface area contributed by atoms with Gasteiger partial charge in [-0.2, -0.15) is 0 Å². The lowest BCUT2D eigenvalue weighted by Gasteiger charge is -2.37. The van der Waals surface area contributed by atoms with E-state index < -0.39 is 0 Å². The molecule has 0 aliphatic carbocycles. The summed E-state index contributed by atoms with van der Waals surface area (Å²) in [4.78, 5) is 17.8. The van der Waals surface area contributed by atoms with Gasteiger partial charge in [-0.3, -0.25) is 4.79 Å². The Bertz CT molecular complexity index is 713. The molecule has 3 rings (SSSR count). The van der Waals surface area contributed by atoms with E-state index in [1.54, 1.807) is 12.1 Å². The number of hydrogen-bond acceptors (Lipinski definition) is 3. The second-order valence-corrected chi connectivity index (χ2v) is 8.12. The molecule has 6 heteroatoms. The molecule has 0 saturated carbocycles. The van der Waals surface area contributed by atoms with E-state index in [4.69, 9.17) is 23.2 Å². The third-order valence-electron chi connectivity index (χ3n) is 4.27. The van der Waals surface area contributed by atoms with Crippen molar-refractivity contribution >= 4 is 46.6 Å². The number of piperazine rings is 1. The Kier molecular flexibility index (Phi) is 6.15. The summed E-state index contributed by atoms with van der Waals surface area (Å²) in [5.41, 5.74) is 1.21. The van der Waals surface area contributed by atoms with Crippen LogP contribution in [0.1, 0.15) is 6.92 Å². The van der Waals surface area contributed by atoms with Gasteiger partial charge in [0.25, 0.3) is 0 Å². The molecule has 1 aliphatic heterocycles. The van der Waals surface area contributed by atoms with Gasteiger partial charge in [-0.15, -0.1) is 11.8 Å². The fourth-order valence-corrected chi connectivity index (χ4v) is 4.53. The van der Waals surface area contributed by atoms with Crippen molar-refractivity contribution in [1.82, 2.24) is 4.90 Å². The molecule has 0 N–H and O–H groups in total. The van der Waals surface area contributed by atoms with Crippen LogP contribution in [0.25, 0.3) is 0 Å². The molecule has 0 radical (unpaired) electrons. The average Bonchev–Trinajstić information content (AvgIpc) is 2.65. The summed E-state index contributed by atoms with van der Waals surface area (Å²) in [7, 11) is 0. The Morgan fingerprint density at radius 1 is 0.960 bits per heavy atom. The van der Waals surface area contributed by atoms with Gasteiger partial charge in [-0.1, -0.05) is 47.5 Å². The number of nitrogens with zero attached hydrogens (tertiary/aromatic N) is 2. The molecule has 0 spiro atoms. The van der Waals surface area contributed by atoms with Crippen LogP contribution in [0.2, 0.25) is 10.0 Å². The van der Waals surface area contributed by atoms with Gasteiger partial charge in [0.1, 0.15) is 0 Å². The lowest BCUT2D eigenvalue weighted by atomic mass is 10.2. The summed E-state index contributed by atoms with van der Waals surface area (Å²) in [6.07, 6.45) is 0. The molecular formula is C19H20Cl2N2OS. The summed E-state index contributed by atoms with van der Waals surface area (Å²) < 4.78 is 0. The Morgan fingerprint density at radius 3 is 2.16 bits per heavy atom. The highest BCUT2D eigenvalue weighted by molar-refractivity contribution is 8.00. The van der Waals surface area contributed by atoms with Crippen LogP contribution in [0, 0.1) is 0 Å². The van der Waals surface area contributed by atoms with Crippen LogP contribution >= 0.6 is 35.0 Å². The SMILES string of the molecule is CC(Sc1c(Cl)cccc1Cl)C(=O)N1CCN(c2ccccc2)CC1. The number of amides is 1. The van der Waals surface area contributed by atoms with Crippen molar-refractivity contribution in [1.29, 1.82) is 0 Å². The first-order valence-electron chi connectivity index (χ1n) is 8.25. The van der Waals surface area contributed by atoms with Crippen LogP contribution in [0.15, 0.2) is 53.4 Å². The second-order valence-electron chi connectivity index (χ2n) is 5.96. The molecule has 2 aromatic carbocycles. The summed E-state index contributed by atoms with van der Waals surface area (Å²) in [5.74, 6) is 0.133. The Hall–Kier alpha value is -1.36. The summed E-state index contributed by atoms with van der Waals surface area (Å²) in [6, 6.07) is 15.7. The molecular weight excluding hydrogens is 375 g/mol. The number of para-hydroxylation sites is 1. The maximum absolute atomic E-state index is 12.8. The fraction of sp³-hybridized carbons (Fsp3) is 0.316. The highest BCUT2D eigenvalue weighted by Crippen LogP contribution is 2.36. The zero-order chi connectivity index (χ0) is 17.8. The maximum atomic E-state index is 12.8. The predicted octanol–water partition coefficient (Wildman–Crippen LogP) is 4.82. The first-order valence-corrected chi connectivity index (χ1v) is 9.89. The number of halogens is 2. The summed E-state index contributed by atoms with van der Waals surface area (Å²) in [5, 5.41) is 0.956. The number of thioether (sulfide) groups is 1. The van der Waals surface area contributed by atoms with E-state index in [9.17, 15) is 4.79 Å². The minimum Gasteiger partial charge on any atom is -0.368 e. The van der Waals surface area contributed by atoms with Gasteiger partial charge >= 0.3 is 0 Å². The molecule has 1 unspecified atom stereocenters. The molecule has 1 atom stereocenters. The quantitative estimate of drug-likeness (QED) is 0.694. The van der Waals surface area contributed by atoms with E-state index in [1.165, 1.54) is 17.4 Å². The van der Waals surface area contributed by atoms with Crippen molar-refractivity contribution in [2.75, 3.05) is 31.1 Å². The largest absolute Gasteiger partial charge is 0.368 e. The van der Waals surface area contributed by atoms with Crippen molar-refractivity contribution in [3.05, 3.63) is 58.6 Å². The minimum absolute atomic E-state index is 0.133. The third-order valence-corrected chi connectivity index (χ3v) is 6.36. The van der Waals surface area contributed by atoms with E-state index >= 15 is 0 Å². The topological polar surface area (TPSA) is 23.6 Å². The Balaban J connectivity index is 1.59. The van der Waals surface area contributed by atoms with E-state index in [1.807, 2.05) is 36.1 Å². The first-order chi connectivity index (χ1) is 12.1. The lowest BCUT2D eigenvalue weighted by molar-refractivity contribution is -0.130. The molecule has 132 valence electrons. The van der Waals surface area contributed by atoms with Crippen LogP contribution in [-0.2, 0) is 4.79 Å². The van der Waals surface area contributed by atoms with Gasteiger partial charge in [0.15, 0.2) is 0 Å². The van der Waals surface area contributed by atoms with Crippen LogP contribution in [0.5, 0.6) is 0 Å². The zero-order valence-electron chi connectivity index (χ0n) is 14.0. The second kappa shape index (κ2) is 8.35. The van der Waals surface area contributed by atoms with E-state index in [2.05, 4.69) is 17.0 Å². The van der Waals surface area contributed by atoms with Gasteiger partial charge in [-0.05, 0) is 31.2 Å².